The molecule has 2 heterocycles. The molecule has 2 N–H and O–H groups in total. The Morgan fingerprint density at radius 3 is 2.95 bits per heavy atom. The van der Waals surface area contributed by atoms with Gasteiger partial charge in [-0.1, -0.05) is 6.07 Å². The second-order valence-electron chi connectivity index (χ2n) is 4.90. The molecule has 1 aliphatic rings. The van der Waals surface area contributed by atoms with Crippen LogP contribution in [0.4, 0.5) is 0 Å². The van der Waals surface area contributed by atoms with E-state index in [0.29, 0.717) is 19.4 Å². The van der Waals surface area contributed by atoms with Crippen molar-refractivity contribution in [3.63, 3.8) is 0 Å². The minimum absolute atomic E-state index is 0.0246. The maximum Gasteiger partial charge on any atom is 0.307 e. The predicted molar refractivity (Wildman–Crippen MR) is 77.6 cm³/mol. The molecule has 1 fully saturated rings. The summed E-state index contributed by atoms with van der Waals surface area (Å²) < 4.78 is 4.68. The van der Waals surface area contributed by atoms with Gasteiger partial charge in [0.25, 0.3) is 0 Å². The molecule has 0 aromatic carbocycles. The van der Waals surface area contributed by atoms with Crippen LogP contribution in [0, 0.1) is 5.92 Å². The Hall–Kier alpha value is -1.89. The number of piperidine rings is 1. The summed E-state index contributed by atoms with van der Waals surface area (Å²) in [5.74, 6) is -0.783. The van der Waals surface area contributed by atoms with Crippen LogP contribution in [0.2, 0.25) is 0 Å². The van der Waals surface area contributed by atoms with Gasteiger partial charge in [-0.3, -0.25) is 14.4 Å². The van der Waals surface area contributed by atoms with Crippen LogP contribution in [0.15, 0.2) is 17.5 Å². The van der Waals surface area contributed by atoms with Gasteiger partial charge in [-0.15, -0.1) is 11.3 Å². The molecule has 2 atom stereocenters. The Morgan fingerprint density at radius 2 is 2.38 bits per heavy atom. The zero-order valence-corrected chi connectivity index (χ0v) is 12.6. The van der Waals surface area contributed by atoms with Gasteiger partial charge < -0.3 is 15.4 Å². The van der Waals surface area contributed by atoms with Crippen LogP contribution in [0.1, 0.15) is 30.2 Å². The molecule has 1 aromatic heterocycles. The quantitative estimate of drug-likeness (QED) is 0.795. The summed E-state index contributed by atoms with van der Waals surface area (Å²) in [5.41, 5.74) is 0. The Labute approximate surface area is 126 Å². The van der Waals surface area contributed by atoms with Crippen molar-refractivity contribution in [3.05, 3.63) is 22.4 Å². The largest absolute Gasteiger partial charge is 0.469 e. The lowest BCUT2D eigenvalue weighted by atomic mass is 9.97. The molecule has 2 rings (SSSR count). The maximum atomic E-state index is 12.3. The monoisotopic (exact) mass is 310 g/mol. The number of rotatable bonds is 5. The molecule has 0 saturated carbocycles. The highest BCUT2D eigenvalue weighted by Crippen LogP contribution is 2.23. The van der Waals surface area contributed by atoms with Gasteiger partial charge in [0, 0.05) is 17.8 Å². The molecule has 1 saturated heterocycles. The highest BCUT2D eigenvalue weighted by Gasteiger charge is 2.27. The number of carbonyl (C=O) groups is 3. The highest BCUT2D eigenvalue weighted by atomic mass is 32.1. The predicted octanol–water partition coefficient (Wildman–Crippen LogP) is 0.995. The van der Waals surface area contributed by atoms with Crippen molar-refractivity contribution in [2.24, 2.45) is 5.92 Å². The van der Waals surface area contributed by atoms with E-state index in [9.17, 15) is 14.4 Å². The average molecular weight is 310 g/mol. The number of esters is 1. The number of ether oxygens (including phenoxy) is 1. The van der Waals surface area contributed by atoms with Gasteiger partial charge in [0.15, 0.2) is 0 Å². The smallest absolute Gasteiger partial charge is 0.307 e. The van der Waals surface area contributed by atoms with Crippen LogP contribution in [0.25, 0.3) is 0 Å². The van der Waals surface area contributed by atoms with Crippen LogP contribution in [0.3, 0.4) is 0 Å². The average Bonchev–Trinajstić information content (AvgIpc) is 3.01. The van der Waals surface area contributed by atoms with E-state index in [0.717, 1.165) is 4.88 Å². The molecule has 0 aliphatic carbocycles. The second-order valence-corrected chi connectivity index (χ2v) is 5.88. The fourth-order valence-corrected chi connectivity index (χ4v) is 2.99. The van der Waals surface area contributed by atoms with Crippen molar-refractivity contribution in [2.45, 2.75) is 25.3 Å². The van der Waals surface area contributed by atoms with E-state index in [-0.39, 0.29) is 36.2 Å². The summed E-state index contributed by atoms with van der Waals surface area (Å²) in [5, 5.41) is 7.47. The fourth-order valence-electron chi connectivity index (χ4n) is 2.21. The molecule has 21 heavy (non-hydrogen) atoms. The lowest BCUT2D eigenvalue weighted by Crippen LogP contribution is -2.44. The number of hydrogen-bond donors (Lipinski definition) is 2. The standard InChI is InChI=1S/C14H18N2O4S/c1-20-13(18)7-10(11-3-2-6-21-11)16-14(19)9-4-5-12(17)15-8-9/h2-3,6,9-10H,4-5,7-8H2,1H3,(H,15,17)(H,16,19). The number of carbonyl (C=O) groups excluding carboxylic acids is 3. The van der Waals surface area contributed by atoms with Crippen molar-refractivity contribution in [2.75, 3.05) is 13.7 Å². The molecule has 1 aliphatic heterocycles. The summed E-state index contributed by atoms with van der Waals surface area (Å²) in [6.07, 6.45) is 0.994. The molecule has 0 spiro atoms. The molecule has 0 bridgehead atoms. The molecule has 1 aromatic rings. The first-order valence-corrected chi connectivity index (χ1v) is 7.65. The second kappa shape index (κ2) is 7.21. The van der Waals surface area contributed by atoms with Crippen molar-refractivity contribution in [3.8, 4) is 0 Å². The third-order valence-corrected chi connectivity index (χ3v) is 4.42. The highest BCUT2D eigenvalue weighted by molar-refractivity contribution is 7.10. The van der Waals surface area contributed by atoms with E-state index in [1.165, 1.54) is 18.4 Å². The van der Waals surface area contributed by atoms with E-state index in [2.05, 4.69) is 15.4 Å². The van der Waals surface area contributed by atoms with E-state index in [1.54, 1.807) is 0 Å². The fraction of sp³-hybridized carbons (Fsp3) is 0.500. The zero-order valence-electron chi connectivity index (χ0n) is 11.8. The van der Waals surface area contributed by atoms with Crippen molar-refractivity contribution >= 4 is 29.1 Å². The van der Waals surface area contributed by atoms with Crippen LogP contribution >= 0.6 is 11.3 Å². The number of thiophene rings is 1. The van der Waals surface area contributed by atoms with Crippen LogP contribution in [-0.4, -0.2) is 31.4 Å². The van der Waals surface area contributed by atoms with Gasteiger partial charge in [0.1, 0.15) is 0 Å². The van der Waals surface area contributed by atoms with Gasteiger partial charge in [0.05, 0.1) is 25.5 Å². The molecule has 6 nitrogen and oxygen atoms in total. The van der Waals surface area contributed by atoms with Crippen LogP contribution < -0.4 is 10.6 Å². The third-order valence-electron chi connectivity index (χ3n) is 3.44. The van der Waals surface area contributed by atoms with Gasteiger partial charge >= 0.3 is 5.97 Å². The molecule has 2 unspecified atom stereocenters. The van der Waals surface area contributed by atoms with Crippen molar-refractivity contribution in [1.82, 2.24) is 10.6 Å². The number of amides is 2. The first kappa shape index (κ1) is 15.5. The van der Waals surface area contributed by atoms with Crippen LogP contribution in [-0.2, 0) is 19.1 Å². The van der Waals surface area contributed by atoms with Crippen molar-refractivity contribution in [1.29, 1.82) is 0 Å². The Kier molecular flexibility index (Phi) is 5.32. The molecule has 2 amide bonds. The van der Waals surface area contributed by atoms with Gasteiger partial charge in [-0.25, -0.2) is 0 Å². The van der Waals surface area contributed by atoms with E-state index in [4.69, 9.17) is 0 Å². The lowest BCUT2D eigenvalue weighted by Gasteiger charge is -2.24. The summed E-state index contributed by atoms with van der Waals surface area (Å²) in [6, 6.07) is 3.36. The first-order chi connectivity index (χ1) is 10.1. The van der Waals surface area contributed by atoms with E-state index in [1.807, 2.05) is 17.5 Å². The molecule has 7 heteroatoms. The van der Waals surface area contributed by atoms with Gasteiger partial charge in [0.2, 0.25) is 11.8 Å². The number of nitrogens with one attached hydrogen (secondary N) is 2. The normalized spacial score (nSPS) is 19.5. The maximum absolute atomic E-state index is 12.3. The number of methoxy groups -OCH3 is 1. The summed E-state index contributed by atoms with van der Waals surface area (Å²) in [6.45, 7) is 0.347. The zero-order chi connectivity index (χ0) is 15.2. The third kappa shape index (κ3) is 4.29. The summed E-state index contributed by atoms with van der Waals surface area (Å²) >= 11 is 1.48. The minimum Gasteiger partial charge on any atom is -0.469 e. The molecule has 0 radical (unpaired) electrons. The number of hydrogen-bond acceptors (Lipinski definition) is 5. The Balaban J connectivity index is 1.99. The van der Waals surface area contributed by atoms with Gasteiger partial charge in [-0.05, 0) is 17.9 Å². The Morgan fingerprint density at radius 1 is 1.57 bits per heavy atom. The molecule has 114 valence electrons. The first-order valence-electron chi connectivity index (χ1n) is 6.77. The lowest BCUT2D eigenvalue weighted by molar-refractivity contribution is -0.141. The van der Waals surface area contributed by atoms with Crippen molar-refractivity contribution < 1.29 is 19.1 Å². The SMILES string of the molecule is COC(=O)CC(NC(=O)C1CCC(=O)NC1)c1cccs1. The van der Waals surface area contributed by atoms with Gasteiger partial charge in [-0.2, -0.15) is 0 Å². The Bertz CT molecular complexity index is 505. The van der Waals surface area contributed by atoms with E-state index < -0.39 is 0 Å². The summed E-state index contributed by atoms with van der Waals surface area (Å²) in [4.78, 5) is 35.8. The summed E-state index contributed by atoms with van der Waals surface area (Å²) in [7, 11) is 1.33. The molecular formula is C14H18N2O4S. The van der Waals surface area contributed by atoms with Crippen LogP contribution in [0.5, 0.6) is 0 Å². The van der Waals surface area contributed by atoms with E-state index >= 15 is 0 Å². The molecular weight excluding hydrogens is 292 g/mol. The topological polar surface area (TPSA) is 84.5 Å². The minimum atomic E-state index is -0.387.